The molecule has 0 aromatic carbocycles. The van der Waals surface area contributed by atoms with Gasteiger partial charge in [0.15, 0.2) is 0 Å². The second-order valence-corrected chi connectivity index (χ2v) is 4.57. The molecule has 1 aliphatic carbocycles. The van der Waals surface area contributed by atoms with Crippen LogP contribution in [0.1, 0.15) is 25.0 Å². The number of amides is 1. The first-order valence-corrected chi connectivity index (χ1v) is 6.06. The first-order valence-electron chi connectivity index (χ1n) is 6.06. The summed E-state index contributed by atoms with van der Waals surface area (Å²) >= 11 is 0. The lowest BCUT2D eigenvalue weighted by Crippen LogP contribution is -2.34. The van der Waals surface area contributed by atoms with Gasteiger partial charge in [0.05, 0.1) is 13.0 Å². The molecule has 6 heteroatoms. The van der Waals surface area contributed by atoms with Crippen LogP contribution in [0.25, 0.3) is 0 Å². The largest absolute Gasteiger partial charge is 0.481 e. The van der Waals surface area contributed by atoms with Gasteiger partial charge >= 0.3 is 0 Å². The van der Waals surface area contributed by atoms with Gasteiger partial charge in [0, 0.05) is 17.8 Å². The molecule has 0 bridgehead atoms. The zero-order valence-corrected chi connectivity index (χ0v) is 10.6. The minimum absolute atomic E-state index is 0.0586. The van der Waals surface area contributed by atoms with Crippen molar-refractivity contribution in [1.82, 2.24) is 9.97 Å². The third kappa shape index (κ3) is 2.76. The van der Waals surface area contributed by atoms with E-state index in [1.165, 1.54) is 7.11 Å². The lowest BCUT2D eigenvalue weighted by atomic mass is 10.0. The Morgan fingerprint density at radius 2 is 2.28 bits per heavy atom. The highest BCUT2D eigenvalue weighted by Gasteiger charge is 2.30. The molecule has 1 fully saturated rings. The number of hydrogen-bond donors (Lipinski definition) is 2. The Balaban J connectivity index is 2.09. The summed E-state index contributed by atoms with van der Waals surface area (Å²) in [7, 11) is 1.53. The van der Waals surface area contributed by atoms with Crippen molar-refractivity contribution in [2.24, 2.45) is 11.7 Å². The smallest absolute Gasteiger partial charge is 0.232 e. The molecule has 0 spiro atoms. The molecule has 1 aromatic heterocycles. The van der Waals surface area contributed by atoms with E-state index in [0.29, 0.717) is 5.88 Å². The van der Waals surface area contributed by atoms with Gasteiger partial charge in [0.2, 0.25) is 17.7 Å². The number of nitrogens with two attached hydrogens (primary N) is 1. The third-order valence-corrected chi connectivity index (χ3v) is 3.18. The normalized spacial score (nSPS) is 22.8. The molecular weight excluding hydrogens is 232 g/mol. The molecule has 2 atom stereocenters. The molecule has 2 rings (SSSR count). The third-order valence-electron chi connectivity index (χ3n) is 3.18. The van der Waals surface area contributed by atoms with Crippen molar-refractivity contribution in [3.8, 4) is 5.88 Å². The molecule has 1 saturated carbocycles. The first kappa shape index (κ1) is 12.8. The number of ether oxygens (including phenoxy) is 1. The van der Waals surface area contributed by atoms with Crippen LogP contribution in [-0.2, 0) is 4.79 Å². The summed E-state index contributed by atoms with van der Waals surface area (Å²) < 4.78 is 5.04. The minimum atomic E-state index is -0.139. The van der Waals surface area contributed by atoms with E-state index in [9.17, 15) is 4.79 Å². The second-order valence-electron chi connectivity index (χ2n) is 4.57. The Morgan fingerprint density at radius 3 is 2.89 bits per heavy atom. The molecule has 98 valence electrons. The predicted octanol–water partition coefficient (Wildman–Crippen LogP) is 0.860. The van der Waals surface area contributed by atoms with Crippen molar-refractivity contribution in [3.63, 3.8) is 0 Å². The lowest BCUT2D eigenvalue weighted by Gasteiger charge is -2.14. The van der Waals surface area contributed by atoms with Crippen LogP contribution in [-0.4, -0.2) is 29.0 Å². The van der Waals surface area contributed by atoms with E-state index >= 15 is 0 Å². The summed E-state index contributed by atoms with van der Waals surface area (Å²) in [6, 6.07) is 1.65. The molecule has 1 aliphatic rings. The number of aromatic nitrogens is 2. The van der Waals surface area contributed by atoms with Crippen LogP contribution in [0.5, 0.6) is 5.88 Å². The first-order chi connectivity index (χ1) is 8.60. The molecule has 1 heterocycles. The van der Waals surface area contributed by atoms with Gasteiger partial charge in [-0.3, -0.25) is 10.1 Å². The second kappa shape index (κ2) is 5.30. The average Bonchev–Trinajstić information content (AvgIpc) is 2.74. The maximum atomic E-state index is 12.0. The summed E-state index contributed by atoms with van der Waals surface area (Å²) in [5.74, 6) is 0.470. The van der Waals surface area contributed by atoms with E-state index in [-0.39, 0.29) is 23.8 Å². The molecule has 2 unspecified atom stereocenters. The van der Waals surface area contributed by atoms with E-state index in [0.717, 1.165) is 25.0 Å². The zero-order valence-electron chi connectivity index (χ0n) is 10.6. The van der Waals surface area contributed by atoms with Crippen LogP contribution < -0.4 is 15.8 Å². The lowest BCUT2D eigenvalue weighted by molar-refractivity contribution is -0.120. The minimum Gasteiger partial charge on any atom is -0.481 e. The molecule has 1 amide bonds. The number of aryl methyl sites for hydroxylation is 1. The fourth-order valence-corrected chi connectivity index (χ4v) is 2.22. The zero-order chi connectivity index (χ0) is 13.1. The maximum Gasteiger partial charge on any atom is 0.232 e. The fraction of sp³-hybridized carbons (Fsp3) is 0.583. The van der Waals surface area contributed by atoms with Gasteiger partial charge in [-0.15, -0.1) is 0 Å². The molecule has 1 aromatic rings. The van der Waals surface area contributed by atoms with E-state index in [1.54, 1.807) is 6.07 Å². The van der Waals surface area contributed by atoms with Crippen LogP contribution in [0.2, 0.25) is 0 Å². The van der Waals surface area contributed by atoms with E-state index < -0.39 is 0 Å². The number of carbonyl (C=O) groups is 1. The molecular formula is C12H18N4O2. The highest BCUT2D eigenvalue weighted by Crippen LogP contribution is 2.25. The number of nitrogens with one attached hydrogen (secondary N) is 1. The summed E-state index contributed by atoms with van der Waals surface area (Å²) in [5, 5.41) is 2.71. The number of carbonyl (C=O) groups excluding carboxylic acids is 1. The SMILES string of the molecule is COc1cc(C)nc(NC(=O)C2CCCC2N)n1. The van der Waals surface area contributed by atoms with Crippen LogP contribution in [0.3, 0.4) is 0 Å². The Kier molecular flexibility index (Phi) is 3.76. The van der Waals surface area contributed by atoms with Crippen molar-refractivity contribution in [2.75, 3.05) is 12.4 Å². The molecule has 3 N–H and O–H groups in total. The van der Waals surface area contributed by atoms with Gasteiger partial charge in [-0.1, -0.05) is 6.42 Å². The molecule has 0 saturated heterocycles. The highest BCUT2D eigenvalue weighted by atomic mass is 16.5. The number of anilines is 1. The Hall–Kier alpha value is -1.69. The standard InChI is InChI=1S/C12H18N4O2/c1-7-6-10(18-2)15-12(14-7)16-11(17)8-4-3-5-9(8)13/h6,8-9H,3-5,13H2,1-2H3,(H,14,15,16,17). The van der Waals surface area contributed by atoms with Crippen LogP contribution >= 0.6 is 0 Å². The molecule has 0 aliphatic heterocycles. The monoisotopic (exact) mass is 250 g/mol. The molecule has 6 nitrogen and oxygen atoms in total. The van der Waals surface area contributed by atoms with E-state index in [1.807, 2.05) is 6.92 Å². The van der Waals surface area contributed by atoms with Crippen molar-refractivity contribution >= 4 is 11.9 Å². The van der Waals surface area contributed by atoms with Gasteiger partial charge in [-0.2, -0.15) is 4.98 Å². The highest BCUT2D eigenvalue weighted by molar-refractivity contribution is 5.91. The predicted molar refractivity (Wildman–Crippen MR) is 67.3 cm³/mol. The van der Waals surface area contributed by atoms with Crippen LogP contribution in [0.15, 0.2) is 6.07 Å². The van der Waals surface area contributed by atoms with Crippen LogP contribution in [0.4, 0.5) is 5.95 Å². The van der Waals surface area contributed by atoms with Crippen molar-refractivity contribution in [1.29, 1.82) is 0 Å². The van der Waals surface area contributed by atoms with Gasteiger partial charge in [0.25, 0.3) is 0 Å². The summed E-state index contributed by atoms with van der Waals surface area (Å²) in [5.41, 5.74) is 6.64. The Labute approximate surface area is 106 Å². The van der Waals surface area contributed by atoms with Crippen molar-refractivity contribution in [3.05, 3.63) is 11.8 Å². The average molecular weight is 250 g/mol. The van der Waals surface area contributed by atoms with Gasteiger partial charge in [-0.25, -0.2) is 4.98 Å². The fourth-order valence-electron chi connectivity index (χ4n) is 2.22. The molecule has 18 heavy (non-hydrogen) atoms. The van der Waals surface area contributed by atoms with E-state index in [4.69, 9.17) is 10.5 Å². The van der Waals surface area contributed by atoms with E-state index in [2.05, 4.69) is 15.3 Å². The number of nitrogens with zero attached hydrogens (tertiary/aromatic N) is 2. The van der Waals surface area contributed by atoms with Gasteiger partial charge in [0.1, 0.15) is 0 Å². The van der Waals surface area contributed by atoms with Gasteiger partial charge < -0.3 is 10.5 Å². The van der Waals surface area contributed by atoms with Crippen molar-refractivity contribution < 1.29 is 9.53 Å². The summed E-state index contributed by atoms with van der Waals surface area (Å²) in [6.45, 7) is 1.82. The maximum absolute atomic E-state index is 12.0. The Morgan fingerprint density at radius 1 is 1.50 bits per heavy atom. The summed E-state index contributed by atoms with van der Waals surface area (Å²) in [4.78, 5) is 20.3. The molecule has 0 radical (unpaired) electrons. The quantitative estimate of drug-likeness (QED) is 0.830. The Bertz CT molecular complexity index is 450. The summed E-state index contributed by atoms with van der Waals surface area (Å²) in [6.07, 6.45) is 2.73. The number of rotatable bonds is 3. The number of hydrogen-bond acceptors (Lipinski definition) is 5. The topological polar surface area (TPSA) is 90.1 Å². The van der Waals surface area contributed by atoms with Crippen molar-refractivity contribution in [2.45, 2.75) is 32.2 Å². The van der Waals surface area contributed by atoms with Gasteiger partial charge in [-0.05, 0) is 19.8 Å². The number of methoxy groups -OCH3 is 1. The van der Waals surface area contributed by atoms with Crippen LogP contribution in [0, 0.1) is 12.8 Å².